The standard InChI is InChI=1S/C24H27N7O7S2/c1-24(2,22(36)37)38-28-14(17-27-23(25)40-29-17)18(32)26-15-19(33)30-16(21(34)35)13(10-39-20(15)30)9-31(3)7-11-5-4-6-12(11)8-31/h7-8,15,20H,4-6,9-10H2,1-3H3,(H4-,25,26,27,29,32,34,35,36,37)/p+1/b28-14-/t15-,20-/m1/s1. The number of hydrogen-bond acceptors (Lipinski definition) is 11. The van der Waals surface area contributed by atoms with Crippen LogP contribution in [0.5, 0.6) is 0 Å². The number of amides is 2. The zero-order chi connectivity index (χ0) is 29.0. The number of aromatic nitrogens is 2. The number of nitrogens with two attached hydrogens (primary N) is 1. The van der Waals surface area contributed by atoms with Crippen molar-refractivity contribution in [1.29, 1.82) is 0 Å². The molecule has 2 fully saturated rings. The molecule has 0 spiro atoms. The SMILES string of the molecule is CC(C)(O/N=C(\C(=O)N[C@@H]1C(=O)N2C(C(=O)O)=C(C[N+]3(C)C=C4CCCC4=C3)CS[C@H]12)c1nsc(N)n1)C(=O)O. The van der Waals surface area contributed by atoms with Crippen molar-refractivity contribution in [1.82, 2.24) is 19.6 Å². The molecular formula is C24H28N7O7S2+. The molecule has 0 unspecified atom stereocenters. The Kier molecular flexibility index (Phi) is 6.96. The van der Waals surface area contributed by atoms with Crippen molar-refractivity contribution in [2.75, 3.05) is 25.1 Å². The van der Waals surface area contributed by atoms with Gasteiger partial charge in [-0.15, -0.1) is 11.8 Å². The molecule has 212 valence electrons. The summed E-state index contributed by atoms with van der Waals surface area (Å²) in [6.07, 6.45) is 7.46. The van der Waals surface area contributed by atoms with Crippen LogP contribution in [-0.2, 0) is 24.0 Å². The lowest BCUT2D eigenvalue weighted by molar-refractivity contribution is -0.799. The molecule has 1 saturated carbocycles. The van der Waals surface area contributed by atoms with Gasteiger partial charge in [-0.1, -0.05) is 5.16 Å². The Hall–Kier alpha value is -3.76. The van der Waals surface area contributed by atoms with Crippen LogP contribution in [0.3, 0.4) is 0 Å². The van der Waals surface area contributed by atoms with Gasteiger partial charge in [0, 0.05) is 34.0 Å². The quantitative estimate of drug-likeness (QED) is 0.138. The number of likely N-dealkylation sites (N-methyl/N-ethyl adjacent to an activating group) is 1. The molecule has 40 heavy (non-hydrogen) atoms. The highest BCUT2D eigenvalue weighted by Gasteiger charge is 2.55. The summed E-state index contributed by atoms with van der Waals surface area (Å²) in [5.41, 5.74) is 6.56. The van der Waals surface area contributed by atoms with Gasteiger partial charge in [0.2, 0.25) is 17.1 Å². The molecule has 5 rings (SSSR count). The molecule has 16 heteroatoms. The number of carboxylic acids is 2. The molecule has 2 amide bonds. The lowest BCUT2D eigenvalue weighted by atomic mass is 10.0. The number of oxime groups is 1. The molecule has 1 saturated heterocycles. The number of carbonyl (C=O) groups is 4. The number of β-lactam (4-membered cyclic amide) rings is 1. The van der Waals surface area contributed by atoms with Gasteiger partial charge in [-0.2, -0.15) is 9.36 Å². The van der Waals surface area contributed by atoms with Crippen LogP contribution in [0.2, 0.25) is 0 Å². The molecule has 1 aromatic rings. The fourth-order valence-electron chi connectivity index (χ4n) is 5.07. The smallest absolute Gasteiger partial charge is 0.352 e. The number of allylic oxidation sites excluding steroid dienone is 2. The fourth-order valence-corrected chi connectivity index (χ4v) is 6.84. The largest absolute Gasteiger partial charge is 0.478 e. The topological polar surface area (TPSA) is 197 Å². The number of carboxylic acid groups (broad SMARTS) is 2. The van der Waals surface area contributed by atoms with E-state index in [1.807, 2.05) is 7.05 Å². The summed E-state index contributed by atoms with van der Waals surface area (Å²) in [5.74, 6) is -3.86. The first-order valence-corrected chi connectivity index (χ1v) is 14.2. The van der Waals surface area contributed by atoms with E-state index >= 15 is 0 Å². The van der Waals surface area contributed by atoms with Gasteiger partial charge in [0.25, 0.3) is 11.8 Å². The number of nitrogens with zero attached hydrogens (tertiary/aromatic N) is 5. The van der Waals surface area contributed by atoms with Gasteiger partial charge in [0.15, 0.2) is 5.13 Å². The normalized spacial score (nSPS) is 23.6. The Morgan fingerprint density at radius 3 is 2.52 bits per heavy atom. The minimum Gasteiger partial charge on any atom is -0.478 e. The third kappa shape index (κ3) is 4.97. The molecule has 1 aromatic heterocycles. The van der Waals surface area contributed by atoms with E-state index in [1.54, 1.807) is 0 Å². The lowest BCUT2D eigenvalue weighted by Crippen LogP contribution is -2.71. The van der Waals surface area contributed by atoms with Crippen LogP contribution in [0, 0.1) is 0 Å². The molecule has 3 aliphatic heterocycles. The highest BCUT2D eigenvalue weighted by molar-refractivity contribution is 8.00. The number of quaternary nitrogens is 1. The van der Waals surface area contributed by atoms with Crippen LogP contribution >= 0.6 is 23.3 Å². The maximum absolute atomic E-state index is 13.2. The van der Waals surface area contributed by atoms with E-state index in [1.165, 1.54) is 41.7 Å². The second-order valence-corrected chi connectivity index (χ2v) is 12.5. The second kappa shape index (κ2) is 10.0. The van der Waals surface area contributed by atoms with E-state index in [4.69, 9.17) is 10.6 Å². The summed E-state index contributed by atoms with van der Waals surface area (Å²) in [7, 11) is 2.01. The number of rotatable bonds is 9. The van der Waals surface area contributed by atoms with Crippen molar-refractivity contribution >= 4 is 57.9 Å². The Bertz CT molecular complexity index is 1420. The minimum atomic E-state index is -1.77. The van der Waals surface area contributed by atoms with Crippen LogP contribution < -0.4 is 11.1 Å². The molecule has 0 bridgehead atoms. The monoisotopic (exact) mass is 590 g/mol. The number of carbonyl (C=O) groups excluding carboxylic acids is 2. The van der Waals surface area contributed by atoms with E-state index in [0.29, 0.717) is 22.4 Å². The zero-order valence-corrected chi connectivity index (χ0v) is 23.5. The van der Waals surface area contributed by atoms with Gasteiger partial charge in [0.1, 0.15) is 36.1 Å². The summed E-state index contributed by atoms with van der Waals surface area (Å²) in [5, 5.41) is 25.0. The van der Waals surface area contributed by atoms with Crippen molar-refractivity contribution in [2.24, 2.45) is 5.16 Å². The average Bonchev–Trinajstić information content (AvgIpc) is 3.57. The molecule has 0 aromatic carbocycles. The first-order chi connectivity index (χ1) is 18.8. The zero-order valence-electron chi connectivity index (χ0n) is 21.9. The maximum Gasteiger partial charge on any atom is 0.352 e. The van der Waals surface area contributed by atoms with Gasteiger partial charge < -0.3 is 26.1 Å². The van der Waals surface area contributed by atoms with Gasteiger partial charge in [0.05, 0.1) is 7.05 Å². The van der Waals surface area contributed by atoms with E-state index in [2.05, 4.69) is 32.2 Å². The first kappa shape index (κ1) is 27.8. The Labute approximate surface area is 237 Å². The molecule has 1 aliphatic carbocycles. The third-order valence-electron chi connectivity index (χ3n) is 7.02. The van der Waals surface area contributed by atoms with Crippen LogP contribution in [0.4, 0.5) is 5.13 Å². The van der Waals surface area contributed by atoms with Crippen molar-refractivity contribution in [3.05, 3.63) is 40.6 Å². The van der Waals surface area contributed by atoms with Gasteiger partial charge in [-0.3, -0.25) is 19.0 Å². The highest BCUT2D eigenvalue weighted by atomic mass is 32.2. The molecule has 0 radical (unpaired) electrons. The van der Waals surface area contributed by atoms with E-state index in [9.17, 15) is 29.4 Å². The Morgan fingerprint density at radius 1 is 1.27 bits per heavy atom. The summed E-state index contributed by atoms with van der Waals surface area (Å²) < 4.78 is 4.39. The number of fused-ring (bicyclic) bond motifs is 2. The van der Waals surface area contributed by atoms with Crippen LogP contribution in [0.1, 0.15) is 38.9 Å². The average molecular weight is 591 g/mol. The molecule has 2 atom stereocenters. The molecule has 4 heterocycles. The van der Waals surface area contributed by atoms with Gasteiger partial charge in [-0.05, 0) is 33.1 Å². The maximum atomic E-state index is 13.2. The van der Waals surface area contributed by atoms with Crippen LogP contribution in [0.15, 0.2) is 40.0 Å². The Morgan fingerprint density at radius 2 is 1.95 bits per heavy atom. The molecule has 5 N–H and O–H groups in total. The number of hydrogen-bond donors (Lipinski definition) is 4. The number of nitrogens with one attached hydrogen (secondary N) is 1. The summed E-state index contributed by atoms with van der Waals surface area (Å²) in [4.78, 5) is 60.4. The third-order valence-corrected chi connectivity index (χ3v) is 8.91. The van der Waals surface area contributed by atoms with Gasteiger partial charge >= 0.3 is 11.9 Å². The van der Waals surface area contributed by atoms with Crippen LogP contribution in [0.25, 0.3) is 0 Å². The number of nitrogen functional groups attached to an aromatic ring is 1. The summed E-state index contributed by atoms with van der Waals surface area (Å²) >= 11 is 2.14. The van der Waals surface area contributed by atoms with E-state index in [-0.39, 0.29) is 16.7 Å². The van der Waals surface area contributed by atoms with Crippen molar-refractivity contribution < 1.29 is 38.7 Å². The number of anilines is 1. The molecule has 4 aliphatic rings. The summed E-state index contributed by atoms with van der Waals surface area (Å²) in [6.45, 7) is 2.90. The van der Waals surface area contributed by atoms with E-state index < -0.39 is 46.5 Å². The van der Waals surface area contributed by atoms with E-state index in [0.717, 1.165) is 30.8 Å². The van der Waals surface area contributed by atoms with Crippen molar-refractivity contribution in [2.45, 2.75) is 50.1 Å². The summed E-state index contributed by atoms with van der Waals surface area (Å²) in [6, 6.07) is -1.05. The predicted molar refractivity (Wildman–Crippen MR) is 144 cm³/mol. The molecule has 14 nitrogen and oxygen atoms in total. The fraction of sp³-hybridized carbons (Fsp3) is 0.458. The predicted octanol–water partition coefficient (Wildman–Crippen LogP) is 0.855. The van der Waals surface area contributed by atoms with Gasteiger partial charge in [-0.25, -0.2) is 9.59 Å². The Balaban J connectivity index is 1.35. The van der Waals surface area contributed by atoms with Crippen LogP contribution in [-0.4, -0.2) is 94.8 Å². The molecular weight excluding hydrogens is 562 g/mol. The number of thioether (sulfide) groups is 1. The highest BCUT2D eigenvalue weighted by Crippen LogP contribution is 2.43. The van der Waals surface area contributed by atoms with Crippen molar-refractivity contribution in [3.63, 3.8) is 0 Å². The second-order valence-electron chi connectivity index (χ2n) is 10.6. The van der Waals surface area contributed by atoms with Crippen molar-refractivity contribution in [3.8, 4) is 0 Å². The minimum absolute atomic E-state index is 0.0368. The first-order valence-electron chi connectivity index (χ1n) is 12.4. The number of aliphatic carboxylic acids is 2. The lowest BCUT2D eigenvalue weighted by Gasteiger charge is -2.49.